The smallest absolute Gasteiger partial charge is 0.407 e. The molecular weight excluding hydrogens is 448 g/mol. The van der Waals surface area contributed by atoms with Crippen molar-refractivity contribution in [1.82, 2.24) is 10.2 Å². The van der Waals surface area contributed by atoms with Crippen LogP contribution in [-0.2, 0) is 18.8 Å². The number of carbonyl (C=O) groups is 1. The fourth-order valence-corrected chi connectivity index (χ4v) is 2.96. The molecule has 1 N–H and O–H groups in total. The number of halogens is 6. The molecule has 0 aliphatic carbocycles. The van der Waals surface area contributed by atoms with Crippen LogP contribution in [-0.4, -0.2) is 22.4 Å². The Morgan fingerprint density at radius 2 is 1.55 bits per heavy atom. The molecule has 0 saturated heterocycles. The lowest BCUT2D eigenvalue weighted by Gasteiger charge is -2.13. The molecule has 2 aromatic carbocycles. The number of aromatic nitrogens is 2. The number of rotatable bonds is 5. The van der Waals surface area contributed by atoms with Crippen LogP contribution in [0.2, 0.25) is 0 Å². The van der Waals surface area contributed by atoms with E-state index in [-0.39, 0.29) is 18.4 Å². The number of alkyl halides is 6. The Morgan fingerprint density at radius 1 is 0.968 bits per heavy atom. The number of anilines is 1. The molecule has 0 saturated carbocycles. The van der Waals surface area contributed by atoms with E-state index in [0.29, 0.717) is 12.1 Å². The number of hydrogen-bond donors (Lipinski definition) is 1. The Hall–Kier alpha value is -3.02. The molecule has 3 aromatic rings. The average Bonchev–Trinajstić information content (AvgIpc) is 3.13. The van der Waals surface area contributed by atoms with Crippen molar-refractivity contribution in [2.45, 2.75) is 23.7 Å². The van der Waals surface area contributed by atoms with Gasteiger partial charge in [0.25, 0.3) is 5.91 Å². The molecule has 0 fully saturated rings. The maximum absolute atomic E-state index is 12.9. The van der Waals surface area contributed by atoms with E-state index < -0.39 is 41.0 Å². The van der Waals surface area contributed by atoms with E-state index in [2.05, 4.69) is 10.2 Å². The van der Waals surface area contributed by atoms with E-state index in [1.165, 1.54) is 0 Å². The predicted molar refractivity (Wildman–Crippen MR) is 99.7 cm³/mol. The highest BCUT2D eigenvalue weighted by atomic mass is 32.2. The van der Waals surface area contributed by atoms with Crippen molar-refractivity contribution < 1.29 is 35.6 Å². The molecule has 164 valence electrons. The summed E-state index contributed by atoms with van der Waals surface area (Å²) in [7, 11) is 0. The second-order valence-corrected chi connectivity index (χ2v) is 7.15. The number of nitrogens with zero attached hydrogens (tertiary/aromatic N) is 2. The fourth-order valence-electron chi connectivity index (χ4n) is 2.55. The number of nitrogens with one attached hydrogen (secondary N) is 1. The van der Waals surface area contributed by atoms with Gasteiger partial charge in [-0.3, -0.25) is 10.1 Å². The van der Waals surface area contributed by atoms with Gasteiger partial charge in [-0.25, -0.2) is 0 Å². The molecule has 1 amide bonds. The minimum absolute atomic E-state index is 0.0656. The Balaban J connectivity index is 1.78. The molecule has 12 heteroatoms. The second kappa shape index (κ2) is 8.61. The minimum Gasteiger partial charge on any atom is -0.407 e. The normalized spacial score (nSPS) is 12.1. The number of carbonyl (C=O) groups excluding carboxylic acids is 1. The highest BCUT2D eigenvalue weighted by Crippen LogP contribution is 2.36. The van der Waals surface area contributed by atoms with E-state index in [1.54, 1.807) is 11.8 Å². The number of hydrogen-bond acceptors (Lipinski definition) is 5. The van der Waals surface area contributed by atoms with Crippen LogP contribution in [0.25, 0.3) is 0 Å². The minimum atomic E-state index is -5.07. The van der Waals surface area contributed by atoms with Gasteiger partial charge in [-0.15, -0.1) is 16.9 Å². The van der Waals surface area contributed by atoms with E-state index in [0.717, 1.165) is 10.5 Å². The van der Waals surface area contributed by atoms with Crippen LogP contribution in [0.1, 0.15) is 32.9 Å². The van der Waals surface area contributed by atoms with Gasteiger partial charge in [0, 0.05) is 10.5 Å². The third-order valence-corrected chi connectivity index (χ3v) is 4.80. The first-order chi connectivity index (χ1) is 14.5. The van der Waals surface area contributed by atoms with Crippen LogP contribution in [0.3, 0.4) is 0 Å². The molecule has 1 heterocycles. The molecule has 0 aliphatic rings. The second-order valence-electron chi connectivity index (χ2n) is 6.27. The summed E-state index contributed by atoms with van der Waals surface area (Å²) in [6, 6.07) is 7.53. The van der Waals surface area contributed by atoms with Gasteiger partial charge in [-0.05, 0) is 42.2 Å². The Kier molecular flexibility index (Phi) is 6.30. The summed E-state index contributed by atoms with van der Waals surface area (Å²) in [4.78, 5) is 13.3. The summed E-state index contributed by atoms with van der Waals surface area (Å²) >= 11 is 1.56. The predicted octanol–water partition coefficient (Wildman–Crippen LogP) is 5.67. The zero-order valence-electron chi connectivity index (χ0n) is 15.6. The van der Waals surface area contributed by atoms with Gasteiger partial charge < -0.3 is 4.42 Å². The molecule has 0 unspecified atom stereocenters. The van der Waals surface area contributed by atoms with Crippen molar-refractivity contribution in [3.63, 3.8) is 0 Å². The van der Waals surface area contributed by atoms with Crippen LogP contribution >= 0.6 is 11.8 Å². The summed E-state index contributed by atoms with van der Waals surface area (Å²) in [5, 5.41) is 9.30. The highest BCUT2D eigenvalue weighted by molar-refractivity contribution is 7.98. The van der Waals surface area contributed by atoms with E-state index >= 15 is 0 Å². The van der Waals surface area contributed by atoms with Crippen LogP contribution in [0, 0.1) is 0 Å². The first-order valence-electron chi connectivity index (χ1n) is 8.52. The average molecular weight is 461 g/mol. The van der Waals surface area contributed by atoms with Crippen LogP contribution < -0.4 is 5.32 Å². The van der Waals surface area contributed by atoms with Crippen molar-refractivity contribution >= 4 is 23.7 Å². The zero-order valence-corrected chi connectivity index (χ0v) is 16.5. The largest absolute Gasteiger partial charge is 0.416 e. The Morgan fingerprint density at radius 3 is 2.06 bits per heavy atom. The summed E-state index contributed by atoms with van der Waals surface area (Å²) in [5.74, 6) is -1.15. The summed E-state index contributed by atoms with van der Waals surface area (Å²) in [6.45, 7) is 0. The van der Waals surface area contributed by atoms with E-state index in [1.807, 2.05) is 35.8 Å². The Labute approximate surface area is 175 Å². The van der Waals surface area contributed by atoms with Gasteiger partial charge >= 0.3 is 18.4 Å². The molecule has 0 spiro atoms. The van der Waals surface area contributed by atoms with Crippen LogP contribution in [0.15, 0.2) is 51.8 Å². The van der Waals surface area contributed by atoms with Crippen molar-refractivity contribution in [3.05, 3.63) is 70.6 Å². The maximum Gasteiger partial charge on any atom is 0.416 e. The summed E-state index contributed by atoms with van der Waals surface area (Å²) in [5.41, 5.74) is -3.23. The Bertz CT molecular complexity index is 1050. The number of thioether (sulfide) groups is 1. The molecule has 0 aliphatic heterocycles. The van der Waals surface area contributed by atoms with Crippen molar-refractivity contribution in [3.8, 4) is 0 Å². The molecule has 1 aromatic heterocycles. The topological polar surface area (TPSA) is 68.0 Å². The molecule has 3 rings (SSSR count). The molecule has 0 atom stereocenters. The molecule has 31 heavy (non-hydrogen) atoms. The number of benzene rings is 2. The summed E-state index contributed by atoms with van der Waals surface area (Å²) < 4.78 is 82.9. The first kappa shape index (κ1) is 22.7. The van der Waals surface area contributed by atoms with Gasteiger partial charge in [0.2, 0.25) is 5.89 Å². The van der Waals surface area contributed by atoms with Crippen LogP contribution in [0.5, 0.6) is 0 Å². The van der Waals surface area contributed by atoms with Crippen molar-refractivity contribution in [2.75, 3.05) is 11.6 Å². The first-order valence-corrected chi connectivity index (χ1v) is 9.74. The maximum atomic E-state index is 12.9. The highest BCUT2D eigenvalue weighted by Gasteiger charge is 2.37. The van der Waals surface area contributed by atoms with Gasteiger partial charge in [0.05, 0.1) is 17.5 Å². The monoisotopic (exact) mass is 461 g/mol. The molecule has 0 bridgehead atoms. The lowest BCUT2D eigenvalue weighted by Crippen LogP contribution is -2.17. The standard InChI is InChI=1S/C19H13F6N3O2S/c1-31-14-4-2-10(3-5-14)6-15-27-28-17(30-15)26-16(29)11-7-12(18(20,21)22)9-13(8-11)19(23,24)25/h2-5,7-9H,6H2,1H3,(H,26,28,29). The fraction of sp³-hybridized carbons (Fsp3) is 0.211. The number of amides is 1. The van der Waals surface area contributed by atoms with Gasteiger partial charge in [-0.1, -0.05) is 17.2 Å². The SMILES string of the molecule is CSc1ccc(Cc2nnc(NC(=O)c3cc(C(F)(F)F)cc(C(F)(F)F)c3)o2)cc1. The molecule has 0 radical (unpaired) electrons. The molecular formula is C19H13F6N3O2S. The quantitative estimate of drug-likeness (QED) is 0.392. The van der Waals surface area contributed by atoms with Crippen molar-refractivity contribution in [1.29, 1.82) is 0 Å². The molecule has 5 nitrogen and oxygen atoms in total. The van der Waals surface area contributed by atoms with Gasteiger partial charge in [-0.2, -0.15) is 26.3 Å². The van der Waals surface area contributed by atoms with E-state index in [4.69, 9.17) is 4.42 Å². The lowest BCUT2D eigenvalue weighted by molar-refractivity contribution is -0.143. The van der Waals surface area contributed by atoms with Crippen molar-refractivity contribution in [2.24, 2.45) is 0 Å². The lowest BCUT2D eigenvalue weighted by atomic mass is 10.0. The zero-order chi connectivity index (χ0) is 22.8. The van der Waals surface area contributed by atoms with Gasteiger partial charge in [0.15, 0.2) is 0 Å². The summed E-state index contributed by atoms with van der Waals surface area (Å²) in [6.07, 6.45) is -8.00. The van der Waals surface area contributed by atoms with Gasteiger partial charge in [0.1, 0.15) is 0 Å². The van der Waals surface area contributed by atoms with E-state index in [9.17, 15) is 31.1 Å². The third kappa shape index (κ3) is 5.78. The third-order valence-electron chi connectivity index (χ3n) is 4.05. The van der Waals surface area contributed by atoms with Crippen LogP contribution in [0.4, 0.5) is 32.4 Å².